The Morgan fingerprint density at radius 3 is 2.55 bits per heavy atom. The van der Waals surface area contributed by atoms with Gasteiger partial charge in [-0.25, -0.2) is 0 Å². The highest BCUT2D eigenvalue weighted by atomic mass is 16.5. The lowest BCUT2D eigenvalue weighted by Crippen LogP contribution is -2.38. The summed E-state index contributed by atoms with van der Waals surface area (Å²) in [6.45, 7) is 8.40. The van der Waals surface area contributed by atoms with Crippen molar-refractivity contribution in [2.45, 2.75) is 45.1 Å². The first-order valence-corrected chi connectivity index (χ1v) is 8.06. The number of rotatable bonds is 5. The lowest BCUT2D eigenvalue weighted by atomic mass is 9.87. The van der Waals surface area contributed by atoms with Crippen LogP contribution in [-0.2, 0) is 14.9 Å². The van der Waals surface area contributed by atoms with Crippen molar-refractivity contribution in [3.05, 3.63) is 29.8 Å². The van der Waals surface area contributed by atoms with Crippen LogP contribution in [0.2, 0.25) is 0 Å². The Balaban J connectivity index is 1.83. The van der Waals surface area contributed by atoms with E-state index >= 15 is 0 Å². The molecule has 0 spiro atoms. The lowest BCUT2D eigenvalue weighted by molar-refractivity contribution is -0.120. The zero-order valence-corrected chi connectivity index (χ0v) is 14.2. The first-order chi connectivity index (χ1) is 10.4. The van der Waals surface area contributed by atoms with Gasteiger partial charge in [0.05, 0.1) is 12.6 Å². The molecular formula is C18H28N2O2. The number of carbonyl (C=O) groups is 1. The van der Waals surface area contributed by atoms with Gasteiger partial charge in [-0.15, -0.1) is 0 Å². The molecule has 1 N–H and O–H groups in total. The Morgan fingerprint density at radius 2 is 2.00 bits per heavy atom. The standard InChI is InChI=1S/C18H28N2O2/c1-18(2,3)14-7-9-15(10-8-14)20(4)13-17(21)19-12-16-6-5-11-22-16/h7-10,16H,5-6,11-13H2,1-4H3,(H,19,21). The number of hydrogen-bond donors (Lipinski definition) is 1. The third kappa shape index (κ3) is 4.73. The van der Waals surface area contributed by atoms with Gasteiger partial charge in [0, 0.05) is 25.9 Å². The fourth-order valence-electron chi connectivity index (χ4n) is 2.61. The lowest BCUT2D eigenvalue weighted by Gasteiger charge is -2.22. The fourth-order valence-corrected chi connectivity index (χ4v) is 2.61. The fraction of sp³-hybridized carbons (Fsp3) is 0.611. The summed E-state index contributed by atoms with van der Waals surface area (Å²) in [7, 11) is 1.94. The van der Waals surface area contributed by atoms with Gasteiger partial charge in [0.25, 0.3) is 0 Å². The Morgan fingerprint density at radius 1 is 1.32 bits per heavy atom. The van der Waals surface area contributed by atoms with Gasteiger partial charge in [0.1, 0.15) is 0 Å². The summed E-state index contributed by atoms with van der Waals surface area (Å²) in [5.74, 6) is 0.0397. The van der Waals surface area contributed by atoms with E-state index in [4.69, 9.17) is 4.74 Å². The van der Waals surface area contributed by atoms with Gasteiger partial charge in [-0.05, 0) is 36.0 Å². The van der Waals surface area contributed by atoms with Crippen LogP contribution in [0, 0.1) is 0 Å². The summed E-state index contributed by atoms with van der Waals surface area (Å²) in [6, 6.07) is 8.42. The number of anilines is 1. The van der Waals surface area contributed by atoms with Crippen molar-refractivity contribution in [2.75, 3.05) is 31.6 Å². The van der Waals surface area contributed by atoms with Crippen LogP contribution < -0.4 is 10.2 Å². The molecule has 0 bridgehead atoms. The predicted octanol–water partition coefficient (Wildman–Crippen LogP) is 2.72. The summed E-state index contributed by atoms with van der Waals surface area (Å²) in [5, 5.41) is 2.96. The SMILES string of the molecule is CN(CC(=O)NCC1CCCO1)c1ccc(C(C)(C)C)cc1. The van der Waals surface area contributed by atoms with Crippen molar-refractivity contribution in [1.82, 2.24) is 5.32 Å². The van der Waals surface area contributed by atoms with Crippen molar-refractivity contribution in [1.29, 1.82) is 0 Å². The van der Waals surface area contributed by atoms with E-state index in [2.05, 4.69) is 50.4 Å². The molecule has 0 saturated carbocycles. The van der Waals surface area contributed by atoms with Gasteiger partial charge in [0.2, 0.25) is 5.91 Å². The predicted molar refractivity (Wildman–Crippen MR) is 90.4 cm³/mol. The number of likely N-dealkylation sites (N-methyl/N-ethyl adjacent to an activating group) is 1. The van der Waals surface area contributed by atoms with Crippen LogP contribution in [-0.4, -0.2) is 38.8 Å². The van der Waals surface area contributed by atoms with E-state index in [9.17, 15) is 4.79 Å². The first-order valence-electron chi connectivity index (χ1n) is 8.06. The Hall–Kier alpha value is -1.55. The minimum atomic E-state index is 0.0397. The molecule has 1 aliphatic rings. The van der Waals surface area contributed by atoms with Crippen LogP contribution in [0.25, 0.3) is 0 Å². The van der Waals surface area contributed by atoms with Gasteiger partial charge in [-0.3, -0.25) is 4.79 Å². The normalized spacial score (nSPS) is 18.3. The summed E-state index contributed by atoms with van der Waals surface area (Å²) in [5.41, 5.74) is 2.50. The highest BCUT2D eigenvalue weighted by Crippen LogP contribution is 2.24. The average Bonchev–Trinajstić information content (AvgIpc) is 2.97. The molecule has 4 nitrogen and oxygen atoms in total. The third-order valence-corrected chi connectivity index (χ3v) is 4.11. The smallest absolute Gasteiger partial charge is 0.239 e. The Kier molecular flexibility index (Phi) is 5.46. The van der Waals surface area contributed by atoms with Crippen LogP contribution in [0.5, 0.6) is 0 Å². The van der Waals surface area contributed by atoms with E-state index in [-0.39, 0.29) is 17.4 Å². The van der Waals surface area contributed by atoms with E-state index in [0.29, 0.717) is 13.1 Å². The second-order valence-corrected chi connectivity index (χ2v) is 7.09. The quantitative estimate of drug-likeness (QED) is 0.909. The van der Waals surface area contributed by atoms with Crippen LogP contribution in [0.15, 0.2) is 24.3 Å². The molecule has 1 heterocycles. The second kappa shape index (κ2) is 7.14. The molecule has 1 saturated heterocycles. The van der Waals surface area contributed by atoms with Crippen molar-refractivity contribution >= 4 is 11.6 Å². The van der Waals surface area contributed by atoms with Crippen LogP contribution >= 0.6 is 0 Å². The first kappa shape index (κ1) is 16.8. The summed E-state index contributed by atoms with van der Waals surface area (Å²) in [4.78, 5) is 14.0. The van der Waals surface area contributed by atoms with E-state index in [0.717, 1.165) is 25.1 Å². The molecule has 0 aliphatic carbocycles. The number of nitrogens with zero attached hydrogens (tertiary/aromatic N) is 1. The topological polar surface area (TPSA) is 41.6 Å². The Labute approximate surface area is 133 Å². The number of nitrogens with one attached hydrogen (secondary N) is 1. The van der Waals surface area contributed by atoms with E-state index in [1.165, 1.54) is 5.56 Å². The minimum Gasteiger partial charge on any atom is -0.376 e. The van der Waals surface area contributed by atoms with E-state index in [1.807, 2.05) is 11.9 Å². The molecule has 0 aromatic heterocycles. The molecule has 1 atom stereocenters. The zero-order chi connectivity index (χ0) is 16.2. The van der Waals surface area contributed by atoms with Gasteiger partial charge >= 0.3 is 0 Å². The number of carbonyl (C=O) groups excluding carboxylic acids is 1. The molecule has 1 aromatic carbocycles. The highest BCUT2D eigenvalue weighted by molar-refractivity contribution is 5.81. The van der Waals surface area contributed by atoms with Crippen LogP contribution in [0.3, 0.4) is 0 Å². The molecule has 122 valence electrons. The monoisotopic (exact) mass is 304 g/mol. The largest absolute Gasteiger partial charge is 0.376 e. The van der Waals surface area contributed by atoms with Crippen molar-refractivity contribution in [3.8, 4) is 0 Å². The van der Waals surface area contributed by atoms with Crippen molar-refractivity contribution in [3.63, 3.8) is 0 Å². The number of ether oxygens (including phenoxy) is 1. The maximum atomic E-state index is 12.0. The number of benzene rings is 1. The third-order valence-electron chi connectivity index (χ3n) is 4.11. The van der Waals surface area contributed by atoms with Gasteiger partial charge in [0.15, 0.2) is 0 Å². The molecule has 0 radical (unpaired) electrons. The molecule has 1 aliphatic heterocycles. The molecular weight excluding hydrogens is 276 g/mol. The minimum absolute atomic E-state index is 0.0397. The number of amides is 1. The summed E-state index contributed by atoms with van der Waals surface area (Å²) in [6.07, 6.45) is 2.34. The van der Waals surface area contributed by atoms with Gasteiger partial charge in [-0.1, -0.05) is 32.9 Å². The van der Waals surface area contributed by atoms with Crippen molar-refractivity contribution in [2.24, 2.45) is 0 Å². The average molecular weight is 304 g/mol. The summed E-state index contributed by atoms with van der Waals surface area (Å²) < 4.78 is 5.51. The molecule has 4 heteroatoms. The number of hydrogen-bond acceptors (Lipinski definition) is 3. The Bertz CT molecular complexity index is 485. The maximum Gasteiger partial charge on any atom is 0.239 e. The van der Waals surface area contributed by atoms with Gasteiger partial charge in [-0.2, -0.15) is 0 Å². The maximum absolute atomic E-state index is 12.0. The van der Waals surface area contributed by atoms with Crippen LogP contribution in [0.4, 0.5) is 5.69 Å². The highest BCUT2D eigenvalue weighted by Gasteiger charge is 2.17. The van der Waals surface area contributed by atoms with E-state index < -0.39 is 0 Å². The zero-order valence-electron chi connectivity index (χ0n) is 14.2. The van der Waals surface area contributed by atoms with Crippen molar-refractivity contribution < 1.29 is 9.53 Å². The molecule has 1 fully saturated rings. The van der Waals surface area contributed by atoms with Gasteiger partial charge < -0.3 is 15.0 Å². The van der Waals surface area contributed by atoms with E-state index in [1.54, 1.807) is 0 Å². The summed E-state index contributed by atoms with van der Waals surface area (Å²) >= 11 is 0. The molecule has 2 rings (SSSR count). The molecule has 1 aromatic rings. The van der Waals surface area contributed by atoms with Crippen LogP contribution in [0.1, 0.15) is 39.2 Å². The molecule has 1 amide bonds. The molecule has 1 unspecified atom stereocenters. The second-order valence-electron chi connectivity index (χ2n) is 7.09. The molecule has 22 heavy (non-hydrogen) atoms.